The number of carbonyl (C=O) groups is 1. The molecule has 3 heterocycles. The third-order valence-electron chi connectivity index (χ3n) is 5.55. The zero-order valence-electron chi connectivity index (χ0n) is 12.9. The van der Waals surface area contributed by atoms with E-state index >= 15 is 0 Å². The van der Waals surface area contributed by atoms with Crippen LogP contribution in [0.4, 0.5) is 4.79 Å². The molecule has 4 atom stereocenters. The first-order valence-corrected chi connectivity index (χ1v) is 8.69. The highest BCUT2D eigenvalue weighted by Gasteiger charge is 2.41. The molecular formula is C16H30N3O+. The molecule has 2 N–H and O–H groups in total. The van der Waals surface area contributed by atoms with Crippen molar-refractivity contribution in [2.75, 3.05) is 19.6 Å². The van der Waals surface area contributed by atoms with Crippen molar-refractivity contribution >= 4 is 6.03 Å². The minimum atomic E-state index is 0.199. The number of nitrogens with zero attached hydrogens (tertiary/aromatic N) is 1. The maximum absolute atomic E-state index is 12.2. The molecule has 3 aliphatic heterocycles. The van der Waals surface area contributed by atoms with Gasteiger partial charge in [-0.1, -0.05) is 6.92 Å². The Hall–Kier alpha value is -0.770. The van der Waals surface area contributed by atoms with Gasteiger partial charge < -0.3 is 15.1 Å². The molecule has 3 aliphatic rings. The number of fused-ring (bicyclic) bond motifs is 2. The Labute approximate surface area is 122 Å². The van der Waals surface area contributed by atoms with Crippen LogP contribution in [0.15, 0.2) is 0 Å². The normalized spacial score (nSPS) is 37.0. The SMILES string of the molecule is CCC[NH+]1[C@@H]2CCC[C@H]1CC(NC(=O)N1CCCC1)C2. The van der Waals surface area contributed by atoms with Gasteiger partial charge in [-0.15, -0.1) is 0 Å². The molecule has 3 saturated heterocycles. The summed E-state index contributed by atoms with van der Waals surface area (Å²) in [5.41, 5.74) is 0. The maximum atomic E-state index is 12.2. The van der Waals surface area contributed by atoms with Crippen molar-refractivity contribution in [2.24, 2.45) is 0 Å². The predicted molar refractivity (Wildman–Crippen MR) is 79.9 cm³/mol. The fourth-order valence-corrected chi connectivity index (χ4v) is 4.64. The lowest BCUT2D eigenvalue weighted by molar-refractivity contribution is -0.961. The lowest BCUT2D eigenvalue weighted by Gasteiger charge is -2.46. The summed E-state index contributed by atoms with van der Waals surface area (Å²) in [4.78, 5) is 16.1. The van der Waals surface area contributed by atoms with Gasteiger partial charge in [0.25, 0.3) is 0 Å². The molecule has 0 aromatic carbocycles. The average molecular weight is 280 g/mol. The summed E-state index contributed by atoms with van der Waals surface area (Å²) in [6.45, 7) is 5.53. The smallest absolute Gasteiger partial charge is 0.317 e. The van der Waals surface area contributed by atoms with E-state index in [9.17, 15) is 4.79 Å². The number of carbonyl (C=O) groups excluding carboxylic acids is 1. The van der Waals surface area contributed by atoms with E-state index in [0.29, 0.717) is 6.04 Å². The molecule has 4 nitrogen and oxygen atoms in total. The van der Waals surface area contributed by atoms with Gasteiger partial charge in [0.1, 0.15) is 0 Å². The van der Waals surface area contributed by atoms with Crippen molar-refractivity contribution in [3.63, 3.8) is 0 Å². The van der Waals surface area contributed by atoms with Gasteiger partial charge in [0, 0.05) is 32.0 Å². The van der Waals surface area contributed by atoms with Crippen LogP contribution in [0.25, 0.3) is 0 Å². The summed E-state index contributed by atoms with van der Waals surface area (Å²) >= 11 is 0. The Kier molecular flexibility index (Phi) is 4.49. The Balaban J connectivity index is 1.56. The first-order chi connectivity index (χ1) is 9.78. The predicted octanol–water partition coefficient (Wildman–Crippen LogP) is 1.17. The number of quaternary nitrogens is 1. The van der Waals surface area contributed by atoms with E-state index < -0.39 is 0 Å². The highest BCUT2D eigenvalue weighted by molar-refractivity contribution is 5.74. The van der Waals surface area contributed by atoms with E-state index in [-0.39, 0.29) is 6.03 Å². The number of rotatable bonds is 3. The fraction of sp³-hybridized carbons (Fsp3) is 0.938. The second-order valence-electron chi connectivity index (χ2n) is 6.96. The van der Waals surface area contributed by atoms with E-state index in [1.807, 2.05) is 9.80 Å². The van der Waals surface area contributed by atoms with Crippen LogP contribution in [-0.4, -0.2) is 48.7 Å². The van der Waals surface area contributed by atoms with Crippen molar-refractivity contribution in [3.8, 4) is 0 Å². The number of nitrogens with one attached hydrogen (secondary N) is 2. The highest BCUT2D eigenvalue weighted by atomic mass is 16.2. The topological polar surface area (TPSA) is 36.8 Å². The van der Waals surface area contributed by atoms with Crippen molar-refractivity contribution < 1.29 is 9.69 Å². The second kappa shape index (κ2) is 6.33. The van der Waals surface area contributed by atoms with Crippen LogP contribution in [0.2, 0.25) is 0 Å². The first kappa shape index (κ1) is 14.2. The minimum Gasteiger partial charge on any atom is -0.335 e. The molecule has 0 spiro atoms. The molecule has 2 amide bonds. The van der Waals surface area contributed by atoms with E-state index in [4.69, 9.17) is 0 Å². The van der Waals surface area contributed by atoms with E-state index in [0.717, 1.165) is 25.2 Å². The summed E-state index contributed by atoms with van der Waals surface area (Å²) in [7, 11) is 0. The molecule has 0 radical (unpaired) electrons. The lowest BCUT2D eigenvalue weighted by atomic mass is 9.81. The van der Waals surface area contributed by atoms with Crippen molar-refractivity contribution in [3.05, 3.63) is 0 Å². The van der Waals surface area contributed by atoms with Crippen LogP contribution in [0.3, 0.4) is 0 Å². The third-order valence-corrected chi connectivity index (χ3v) is 5.55. The Morgan fingerprint density at radius 1 is 1.15 bits per heavy atom. The summed E-state index contributed by atoms with van der Waals surface area (Å²) in [6, 6.07) is 2.22. The molecule has 2 unspecified atom stereocenters. The largest absolute Gasteiger partial charge is 0.335 e. The van der Waals surface area contributed by atoms with Gasteiger partial charge in [-0.25, -0.2) is 4.79 Å². The first-order valence-electron chi connectivity index (χ1n) is 8.69. The number of piperidine rings is 2. The van der Waals surface area contributed by atoms with Crippen LogP contribution in [0, 0.1) is 0 Å². The average Bonchev–Trinajstić information content (AvgIpc) is 2.94. The number of hydrogen-bond acceptors (Lipinski definition) is 1. The van der Waals surface area contributed by atoms with E-state index in [2.05, 4.69) is 12.2 Å². The molecule has 0 aliphatic carbocycles. The van der Waals surface area contributed by atoms with Crippen molar-refractivity contribution in [2.45, 2.75) is 76.4 Å². The monoisotopic (exact) mass is 280 g/mol. The van der Waals surface area contributed by atoms with E-state index in [1.54, 1.807) is 0 Å². The van der Waals surface area contributed by atoms with Gasteiger partial charge >= 0.3 is 6.03 Å². The van der Waals surface area contributed by atoms with Gasteiger partial charge in [0.05, 0.1) is 18.6 Å². The molecule has 114 valence electrons. The van der Waals surface area contributed by atoms with Gasteiger partial charge in [-0.2, -0.15) is 0 Å². The standard InChI is InChI=1S/C16H29N3O/c1-2-8-19-14-6-5-7-15(19)12-13(11-14)17-16(20)18-9-3-4-10-18/h13-15H,2-12H2,1H3,(H,17,20)/p+1/t13?,14-,15+. The van der Waals surface area contributed by atoms with Gasteiger partial charge in [0.15, 0.2) is 0 Å². The van der Waals surface area contributed by atoms with Crippen molar-refractivity contribution in [1.82, 2.24) is 10.2 Å². The zero-order valence-corrected chi connectivity index (χ0v) is 12.9. The summed E-state index contributed by atoms with van der Waals surface area (Å²) in [5.74, 6) is 0. The summed E-state index contributed by atoms with van der Waals surface area (Å²) < 4.78 is 0. The molecule has 20 heavy (non-hydrogen) atoms. The Morgan fingerprint density at radius 3 is 2.40 bits per heavy atom. The van der Waals surface area contributed by atoms with Crippen LogP contribution < -0.4 is 10.2 Å². The molecular weight excluding hydrogens is 250 g/mol. The minimum absolute atomic E-state index is 0.199. The van der Waals surface area contributed by atoms with Crippen LogP contribution in [0.1, 0.15) is 58.3 Å². The number of urea groups is 1. The molecule has 3 fully saturated rings. The molecule has 0 aromatic heterocycles. The molecule has 4 heteroatoms. The third kappa shape index (κ3) is 2.95. The Morgan fingerprint density at radius 2 is 1.80 bits per heavy atom. The molecule has 0 aromatic rings. The van der Waals surface area contributed by atoms with Crippen LogP contribution >= 0.6 is 0 Å². The number of hydrogen-bond donors (Lipinski definition) is 2. The molecule has 0 saturated carbocycles. The quantitative estimate of drug-likeness (QED) is 0.800. The van der Waals surface area contributed by atoms with Crippen LogP contribution in [-0.2, 0) is 0 Å². The summed E-state index contributed by atoms with van der Waals surface area (Å²) in [6.07, 6.45) is 10.2. The number of likely N-dealkylation sites (tertiary alicyclic amines) is 1. The maximum Gasteiger partial charge on any atom is 0.317 e. The van der Waals surface area contributed by atoms with Crippen LogP contribution in [0.5, 0.6) is 0 Å². The fourth-order valence-electron chi connectivity index (χ4n) is 4.64. The summed E-state index contributed by atoms with van der Waals surface area (Å²) in [5, 5.41) is 3.33. The Bertz CT molecular complexity index is 327. The van der Waals surface area contributed by atoms with Gasteiger partial charge in [0.2, 0.25) is 0 Å². The lowest BCUT2D eigenvalue weighted by Crippen LogP contribution is -3.21. The molecule has 3 rings (SSSR count). The van der Waals surface area contributed by atoms with E-state index in [1.165, 1.54) is 57.9 Å². The second-order valence-corrected chi connectivity index (χ2v) is 6.96. The number of amides is 2. The molecule has 2 bridgehead atoms. The van der Waals surface area contributed by atoms with Gasteiger partial charge in [-0.05, 0) is 38.5 Å². The zero-order chi connectivity index (χ0) is 13.9. The van der Waals surface area contributed by atoms with Crippen molar-refractivity contribution in [1.29, 1.82) is 0 Å². The highest BCUT2D eigenvalue weighted by Crippen LogP contribution is 2.22. The van der Waals surface area contributed by atoms with Gasteiger partial charge in [-0.3, -0.25) is 0 Å².